The first-order chi connectivity index (χ1) is 20.5. The number of benzene rings is 1. The lowest BCUT2D eigenvalue weighted by Crippen LogP contribution is -2.58. The molecule has 5 atom stereocenters. The topological polar surface area (TPSA) is 275 Å². The number of carboxylic acid groups (broad SMARTS) is 3. The van der Waals surface area contributed by atoms with E-state index >= 15 is 0 Å². The zero-order valence-electron chi connectivity index (χ0n) is 24.7. The van der Waals surface area contributed by atoms with Crippen molar-refractivity contribution in [2.45, 2.75) is 89.5 Å². The lowest BCUT2D eigenvalue weighted by Gasteiger charge is -2.27. The van der Waals surface area contributed by atoms with Gasteiger partial charge in [0.25, 0.3) is 0 Å². The molecule has 0 saturated carbocycles. The molecular weight excluding hydrogens is 582 g/mol. The van der Waals surface area contributed by atoms with Crippen molar-refractivity contribution in [3.8, 4) is 5.75 Å². The van der Waals surface area contributed by atoms with Crippen molar-refractivity contribution in [2.75, 3.05) is 0 Å². The fourth-order valence-electron chi connectivity index (χ4n) is 3.96. The van der Waals surface area contributed by atoms with Gasteiger partial charge in [0.05, 0.1) is 6.04 Å². The van der Waals surface area contributed by atoms with Crippen molar-refractivity contribution >= 4 is 41.5 Å². The van der Waals surface area contributed by atoms with Crippen LogP contribution in [0.3, 0.4) is 0 Å². The van der Waals surface area contributed by atoms with Gasteiger partial charge in [-0.1, -0.05) is 26.0 Å². The number of phenolic OH excluding ortho intramolecular Hbond substituents is 1. The Hall–Kier alpha value is -4.73. The zero-order valence-corrected chi connectivity index (χ0v) is 24.7. The molecule has 0 heterocycles. The molecule has 0 aliphatic rings. The molecule has 10 N–H and O–H groups in total. The summed E-state index contributed by atoms with van der Waals surface area (Å²) >= 11 is 0. The summed E-state index contributed by atoms with van der Waals surface area (Å²) in [7, 11) is 0. The van der Waals surface area contributed by atoms with Gasteiger partial charge in [0.15, 0.2) is 0 Å². The van der Waals surface area contributed by atoms with Crippen LogP contribution >= 0.6 is 0 Å². The van der Waals surface area contributed by atoms with Crippen molar-refractivity contribution in [1.82, 2.24) is 21.3 Å². The van der Waals surface area contributed by atoms with Gasteiger partial charge in [0.1, 0.15) is 29.9 Å². The number of phenols is 1. The van der Waals surface area contributed by atoms with Crippen LogP contribution in [-0.2, 0) is 40.0 Å². The van der Waals surface area contributed by atoms with Crippen LogP contribution < -0.4 is 27.0 Å². The van der Waals surface area contributed by atoms with Crippen molar-refractivity contribution in [3.05, 3.63) is 29.8 Å². The van der Waals surface area contributed by atoms with E-state index in [1.165, 1.54) is 31.2 Å². The van der Waals surface area contributed by atoms with E-state index < -0.39 is 91.0 Å². The predicted octanol–water partition coefficient (Wildman–Crippen LogP) is -0.919. The molecule has 44 heavy (non-hydrogen) atoms. The molecule has 244 valence electrons. The zero-order chi connectivity index (χ0) is 33.6. The maximum Gasteiger partial charge on any atom is 0.326 e. The third kappa shape index (κ3) is 14.0. The molecule has 0 unspecified atom stereocenters. The lowest BCUT2D eigenvalue weighted by atomic mass is 10.0. The minimum absolute atomic E-state index is 0.0380. The molecule has 0 fully saturated rings. The lowest BCUT2D eigenvalue weighted by molar-refractivity contribution is -0.143. The molecule has 0 saturated heterocycles. The Kier molecular flexibility index (Phi) is 15.3. The highest BCUT2D eigenvalue weighted by molar-refractivity contribution is 5.95. The predicted molar refractivity (Wildman–Crippen MR) is 154 cm³/mol. The average molecular weight is 624 g/mol. The van der Waals surface area contributed by atoms with Gasteiger partial charge in [-0.05, 0) is 49.8 Å². The van der Waals surface area contributed by atoms with Crippen LogP contribution in [0, 0.1) is 5.92 Å². The minimum Gasteiger partial charge on any atom is -0.508 e. The number of hydrogen-bond donors (Lipinski definition) is 9. The average Bonchev–Trinajstić information content (AvgIpc) is 2.92. The third-order valence-corrected chi connectivity index (χ3v) is 6.30. The number of carbonyl (C=O) groups excluding carboxylic acids is 4. The maximum absolute atomic E-state index is 13.3. The maximum atomic E-state index is 13.3. The number of nitrogens with one attached hydrogen (secondary N) is 4. The van der Waals surface area contributed by atoms with Gasteiger partial charge in [-0.25, -0.2) is 4.79 Å². The highest BCUT2D eigenvalue weighted by Crippen LogP contribution is 2.13. The summed E-state index contributed by atoms with van der Waals surface area (Å²) in [6.07, 6.45) is -1.90. The van der Waals surface area contributed by atoms with Crippen LogP contribution in [-0.4, -0.2) is 92.2 Å². The number of aromatic hydroxyl groups is 1. The van der Waals surface area contributed by atoms with Gasteiger partial charge in [-0.2, -0.15) is 0 Å². The van der Waals surface area contributed by atoms with Gasteiger partial charge in [-0.3, -0.25) is 28.8 Å². The molecule has 0 bridgehead atoms. The van der Waals surface area contributed by atoms with E-state index in [9.17, 15) is 48.9 Å². The molecule has 1 rings (SSSR count). The van der Waals surface area contributed by atoms with E-state index in [1.807, 2.05) is 0 Å². The summed E-state index contributed by atoms with van der Waals surface area (Å²) in [6.45, 7) is 4.84. The highest BCUT2D eigenvalue weighted by Gasteiger charge is 2.32. The summed E-state index contributed by atoms with van der Waals surface area (Å²) in [5.41, 5.74) is 6.01. The molecule has 16 nitrogen and oxygen atoms in total. The number of hydrogen-bond acceptors (Lipinski definition) is 9. The van der Waals surface area contributed by atoms with Gasteiger partial charge < -0.3 is 47.4 Å². The Bertz CT molecular complexity index is 1190. The first-order valence-corrected chi connectivity index (χ1v) is 13.9. The molecule has 0 aromatic heterocycles. The summed E-state index contributed by atoms with van der Waals surface area (Å²) in [5, 5.41) is 46.8. The summed E-state index contributed by atoms with van der Waals surface area (Å²) < 4.78 is 0. The van der Waals surface area contributed by atoms with Crippen molar-refractivity contribution in [2.24, 2.45) is 11.7 Å². The monoisotopic (exact) mass is 623 g/mol. The first kappa shape index (κ1) is 37.3. The van der Waals surface area contributed by atoms with Gasteiger partial charge in [0.2, 0.25) is 23.6 Å². The molecule has 1 aromatic carbocycles. The van der Waals surface area contributed by atoms with E-state index in [2.05, 4.69) is 21.3 Å². The van der Waals surface area contributed by atoms with E-state index in [4.69, 9.17) is 10.8 Å². The SMILES string of the molecule is CC(C)C[C@H](NC(=O)[C@H](CCC(=O)O)NC(=O)[C@H](C)N)C(=O)N[C@@H](CCC(=O)O)C(=O)N[C@@H](Cc1ccc(O)cc1)C(=O)O. The number of amides is 4. The smallest absolute Gasteiger partial charge is 0.326 e. The van der Waals surface area contributed by atoms with Crippen molar-refractivity contribution in [3.63, 3.8) is 0 Å². The van der Waals surface area contributed by atoms with E-state index in [1.54, 1.807) is 13.8 Å². The number of carbonyl (C=O) groups is 7. The van der Waals surface area contributed by atoms with Gasteiger partial charge in [-0.15, -0.1) is 0 Å². The van der Waals surface area contributed by atoms with Gasteiger partial charge in [0, 0.05) is 19.3 Å². The van der Waals surface area contributed by atoms with Crippen LogP contribution in [0.15, 0.2) is 24.3 Å². The Labute approximate surface area is 253 Å². The fourth-order valence-corrected chi connectivity index (χ4v) is 3.96. The molecule has 1 aromatic rings. The third-order valence-electron chi connectivity index (χ3n) is 6.30. The van der Waals surface area contributed by atoms with Crippen LogP contribution in [0.4, 0.5) is 0 Å². The number of nitrogens with two attached hydrogens (primary N) is 1. The molecule has 0 aliphatic carbocycles. The van der Waals surface area contributed by atoms with Crippen molar-refractivity contribution < 1.29 is 54.0 Å². The van der Waals surface area contributed by atoms with Crippen LogP contribution in [0.1, 0.15) is 58.4 Å². The molecule has 0 aliphatic heterocycles. The summed E-state index contributed by atoms with van der Waals surface area (Å²) in [5.74, 6) is -7.63. The Morgan fingerprint density at radius 1 is 0.659 bits per heavy atom. The second-order valence-corrected chi connectivity index (χ2v) is 10.7. The second kappa shape index (κ2) is 18.0. The van der Waals surface area contributed by atoms with Crippen LogP contribution in [0.2, 0.25) is 0 Å². The van der Waals surface area contributed by atoms with E-state index in [-0.39, 0.29) is 30.9 Å². The summed E-state index contributed by atoms with van der Waals surface area (Å²) in [6, 6.07) is -1.04. The quantitative estimate of drug-likeness (QED) is 0.0905. The Morgan fingerprint density at radius 3 is 1.48 bits per heavy atom. The Balaban J connectivity index is 3.17. The standard InChI is InChI=1S/C28H41N5O11/c1-14(2)12-20(32-25(40)18(8-10-22(35)36)30-24(39)15(3)29)27(42)31-19(9-11-23(37)38)26(41)33-21(28(43)44)13-16-4-6-17(34)7-5-16/h4-7,14-15,18-21,34H,8-13,29H2,1-3H3,(H,30,39)(H,31,42)(H,32,40)(H,33,41)(H,35,36)(H,37,38)(H,43,44)/t15-,18-,19-,20-,21-/m0/s1. The first-order valence-electron chi connectivity index (χ1n) is 13.9. The number of aliphatic carboxylic acids is 3. The molecule has 0 spiro atoms. The molecular formula is C28H41N5O11. The van der Waals surface area contributed by atoms with E-state index in [0.29, 0.717) is 5.56 Å². The van der Waals surface area contributed by atoms with E-state index in [0.717, 1.165) is 0 Å². The minimum atomic E-state index is -1.51. The molecule has 16 heteroatoms. The van der Waals surface area contributed by atoms with Crippen LogP contribution in [0.5, 0.6) is 5.75 Å². The summed E-state index contributed by atoms with van der Waals surface area (Å²) in [4.78, 5) is 85.9. The Morgan fingerprint density at radius 2 is 1.07 bits per heavy atom. The highest BCUT2D eigenvalue weighted by atomic mass is 16.4. The fraction of sp³-hybridized carbons (Fsp3) is 0.536. The number of rotatable bonds is 19. The van der Waals surface area contributed by atoms with Crippen molar-refractivity contribution in [1.29, 1.82) is 0 Å². The molecule has 0 radical (unpaired) electrons. The second-order valence-electron chi connectivity index (χ2n) is 10.7. The number of carboxylic acids is 3. The molecule has 4 amide bonds. The normalized spacial score (nSPS) is 14.3. The largest absolute Gasteiger partial charge is 0.508 e. The van der Waals surface area contributed by atoms with Crippen LogP contribution in [0.25, 0.3) is 0 Å². The van der Waals surface area contributed by atoms with Gasteiger partial charge >= 0.3 is 17.9 Å².